The van der Waals surface area contributed by atoms with Crippen LogP contribution in [0.15, 0.2) is 0 Å². The highest BCUT2D eigenvalue weighted by Gasteiger charge is 2.00. The zero-order chi connectivity index (χ0) is 9.94. The van der Waals surface area contributed by atoms with Gasteiger partial charge in [0.25, 0.3) is 0 Å². The molecule has 0 aliphatic heterocycles. The second-order valence-electron chi connectivity index (χ2n) is 3.20. The summed E-state index contributed by atoms with van der Waals surface area (Å²) in [6.07, 6.45) is 3.33. The van der Waals surface area contributed by atoms with E-state index in [0.717, 1.165) is 45.6 Å². The van der Waals surface area contributed by atoms with Gasteiger partial charge in [-0.25, -0.2) is 0 Å². The van der Waals surface area contributed by atoms with E-state index in [-0.39, 0.29) is 5.38 Å². The predicted molar refractivity (Wildman–Crippen MR) is 58.5 cm³/mol. The summed E-state index contributed by atoms with van der Waals surface area (Å²) in [5, 5.41) is 3.55. The molecule has 0 aliphatic rings. The van der Waals surface area contributed by atoms with E-state index < -0.39 is 0 Å². The molecule has 0 aromatic rings. The van der Waals surface area contributed by atoms with Crippen LogP contribution in [0.3, 0.4) is 0 Å². The van der Waals surface area contributed by atoms with Crippen LogP contribution in [-0.2, 0) is 4.74 Å². The molecule has 0 aliphatic carbocycles. The van der Waals surface area contributed by atoms with Crippen LogP contribution in [-0.4, -0.2) is 31.7 Å². The largest absolute Gasteiger partial charge is 0.380 e. The third kappa shape index (κ3) is 10.1. The molecule has 3 heteroatoms. The minimum absolute atomic E-state index is 0.274. The number of alkyl halides is 1. The van der Waals surface area contributed by atoms with Crippen LogP contribution < -0.4 is 5.32 Å². The summed E-state index contributed by atoms with van der Waals surface area (Å²) >= 11 is 6.02. The Morgan fingerprint density at radius 3 is 2.62 bits per heavy atom. The number of hydrogen-bond donors (Lipinski definition) is 1. The first-order valence-corrected chi connectivity index (χ1v) is 5.67. The quantitative estimate of drug-likeness (QED) is 0.463. The molecule has 0 radical (unpaired) electrons. The van der Waals surface area contributed by atoms with Crippen LogP contribution in [0.1, 0.15) is 33.1 Å². The third-order valence-electron chi connectivity index (χ3n) is 1.74. The highest BCUT2D eigenvalue weighted by Crippen LogP contribution is 2.02. The Morgan fingerprint density at radius 2 is 2.00 bits per heavy atom. The fraction of sp³-hybridized carbons (Fsp3) is 1.00. The van der Waals surface area contributed by atoms with Crippen molar-refractivity contribution < 1.29 is 4.74 Å². The fourth-order valence-electron chi connectivity index (χ4n) is 1.06. The van der Waals surface area contributed by atoms with Crippen molar-refractivity contribution >= 4 is 11.6 Å². The summed E-state index contributed by atoms with van der Waals surface area (Å²) in [4.78, 5) is 0. The molecule has 80 valence electrons. The van der Waals surface area contributed by atoms with E-state index in [1.54, 1.807) is 0 Å². The lowest BCUT2D eigenvalue weighted by molar-refractivity contribution is 0.136. The van der Waals surface area contributed by atoms with Crippen molar-refractivity contribution in [3.63, 3.8) is 0 Å². The maximum Gasteiger partial charge on any atom is 0.0590 e. The maximum absolute atomic E-state index is 6.02. The Bertz CT molecular complexity index is 101. The molecule has 0 fully saturated rings. The summed E-state index contributed by atoms with van der Waals surface area (Å²) in [5.74, 6) is 0. The molecule has 13 heavy (non-hydrogen) atoms. The molecule has 1 N–H and O–H groups in total. The van der Waals surface area contributed by atoms with Gasteiger partial charge < -0.3 is 10.1 Å². The van der Waals surface area contributed by atoms with Crippen molar-refractivity contribution in [1.29, 1.82) is 0 Å². The van der Waals surface area contributed by atoms with E-state index in [2.05, 4.69) is 19.2 Å². The van der Waals surface area contributed by atoms with E-state index in [0.29, 0.717) is 0 Å². The van der Waals surface area contributed by atoms with Crippen LogP contribution in [0.5, 0.6) is 0 Å². The standard InChI is InChI=1S/C10H22ClNO/c1-3-5-10(11)9-12-6-8-13-7-4-2/h10,12H,3-9H2,1-2H3. The second kappa shape index (κ2) is 10.3. The lowest BCUT2D eigenvalue weighted by Crippen LogP contribution is -2.26. The van der Waals surface area contributed by atoms with Gasteiger partial charge in [0.05, 0.1) is 6.61 Å². The van der Waals surface area contributed by atoms with Gasteiger partial charge in [-0.1, -0.05) is 20.3 Å². The minimum atomic E-state index is 0.274. The lowest BCUT2D eigenvalue weighted by atomic mass is 10.2. The lowest BCUT2D eigenvalue weighted by Gasteiger charge is -2.09. The molecule has 0 bridgehead atoms. The molecule has 0 spiro atoms. The van der Waals surface area contributed by atoms with Gasteiger partial charge in [0, 0.05) is 25.1 Å². The van der Waals surface area contributed by atoms with Crippen molar-refractivity contribution in [2.75, 3.05) is 26.3 Å². The van der Waals surface area contributed by atoms with Crippen LogP contribution in [0.4, 0.5) is 0 Å². The van der Waals surface area contributed by atoms with Gasteiger partial charge in [-0.3, -0.25) is 0 Å². The summed E-state index contributed by atoms with van der Waals surface area (Å²) < 4.78 is 5.32. The predicted octanol–water partition coefficient (Wildman–Crippen LogP) is 2.41. The molecule has 0 amide bonds. The first kappa shape index (κ1) is 13.2. The van der Waals surface area contributed by atoms with Crippen molar-refractivity contribution in [1.82, 2.24) is 5.32 Å². The van der Waals surface area contributed by atoms with E-state index in [4.69, 9.17) is 16.3 Å². The molecule has 1 atom stereocenters. The van der Waals surface area contributed by atoms with E-state index >= 15 is 0 Å². The average molecular weight is 208 g/mol. The average Bonchev–Trinajstić information content (AvgIpc) is 2.11. The number of rotatable bonds is 9. The molecule has 0 saturated carbocycles. The minimum Gasteiger partial charge on any atom is -0.380 e. The third-order valence-corrected chi connectivity index (χ3v) is 2.11. The van der Waals surface area contributed by atoms with Gasteiger partial charge >= 0.3 is 0 Å². The molecule has 0 heterocycles. The number of nitrogens with one attached hydrogen (secondary N) is 1. The molecular weight excluding hydrogens is 186 g/mol. The number of hydrogen-bond acceptors (Lipinski definition) is 2. The molecule has 0 aromatic carbocycles. The zero-order valence-electron chi connectivity index (χ0n) is 8.81. The van der Waals surface area contributed by atoms with Gasteiger partial charge in [0.2, 0.25) is 0 Å². The highest BCUT2D eigenvalue weighted by atomic mass is 35.5. The monoisotopic (exact) mass is 207 g/mol. The smallest absolute Gasteiger partial charge is 0.0590 e. The van der Waals surface area contributed by atoms with Crippen LogP contribution in [0.25, 0.3) is 0 Å². The molecule has 1 unspecified atom stereocenters. The Balaban J connectivity index is 2.97. The van der Waals surface area contributed by atoms with Crippen LogP contribution in [0.2, 0.25) is 0 Å². The van der Waals surface area contributed by atoms with Gasteiger partial charge in [-0.2, -0.15) is 0 Å². The van der Waals surface area contributed by atoms with E-state index in [1.165, 1.54) is 0 Å². The van der Waals surface area contributed by atoms with Gasteiger partial charge in [0.1, 0.15) is 0 Å². The Kier molecular flexibility index (Phi) is 10.5. The molecule has 0 rings (SSSR count). The topological polar surface area (TPSA) is 21.3 Å². The molecule has 0 saturated heterocycles. The first-order chi connectivity index (χ1) is 6.31. The van der Waals surface area contributed by atoms with Crippen LogP contribution in [0, 0.1) is 0 Å². The zero-order valence-corrected chi connectivity index (χ0v) is 9.57. The summed E-state index contributed by atoms with van der Waals surface area (Å²) in [6.45, 7) is 7.73. The van der Waals surface area contributed by atoms with Crippen molar-refractivity contribution in [2.45, 2.75) is 38.5 Å². The van der Waals surface area contributed by atoms with E-state index in [9.17, 15) is 0 Å². The summed E-state index contributed by atoms with van der Waals surface area (Å²) in [7, 11) is 0. The number of ether oxygens (including phenoxy) is 1. The van der Waals surface area contributed by atoms with Crippen LogP contribution >= 0.6 is 11.6 Å². The molecule has 0 aromatic heterocycles. The second-order valence-corrected chi connectivity index (χ2v) is 3.82. The van der Waals surface area contributed by atoms with Gasteiger partial charge in [-0.15, -0.1) is 11.6 Å². The fourth-order valence-corrected chi connectivity index (χ4v) is 1.39. The summed E-state index contributed by atoms with van der Waals surface area (Å²) in [6, 6.07) is 0. The Morgan fingerprint density at radius 1 is 1.23 bits per heavy atom. The van der Waals surface area contributed by atoms with Crippen molar-refractivity contribution in [2.24, 2.45) is 0 Å². The van der Waals surface area contributed by atoms with E-state index in [1.807, 2.05) is 0 Å². The van der Waals surface area contributed by atoms with Gasteiger partial charge in [0.15, 0.2) is 0 Å². The SMILES string of the molecule is CCCOCCNCC(Cl)CCC. The highest BCUT2D eigenvalue weighted by molar-refractivity contribution is 6.20. The molecular formula is C10H22ClNO. The van der Waals surface area contributed by atoms with Crippen molar-refractivity contribution in [3.05, 3.63) is 0 Å². The molecule has 2 nitrogen and oxygen atoms in total. The van der Waals surface area contributed by atoms with Gasteiger partial charge in [-0.05, 0) is 12.8 Å². The normalized spacial score (nSPS) is 13.2. The Hall–Kier alpha value is 0.210. The number of halogens is 1. The summed E-state index contributed by atoms with van der Waals surface area (Å²) in [5.41, 5.74) is 0. The first-order valence-electron chi connectivity index (χ1n) is 5.23. The van der Waals surface area contributed by atoms with Crippen molar-refractivity contribution in [3.8, 4) is 0 Å². The maximum atomic E-state index is 6.02. The Labute approximate surface area is 87.0 Å².